The molecule has 152 valence electrons. The number of unbranched alkanes of at least 4 members (excludes halogenated alkanes) is 2. The van der Waals surface area contributed by atoms with Crippen LogP contribution in [0.5, 0.6) is 0 Å². The van der Waals surface area contributed by atoms with Crippen molar-refractivity contribution in [1.82, 2.24) is 0 Å². The van der Waals surface area contributed by atoms with Crippen LogP contribution in [0.4, 0.5) is 0 Å². The van der Waals surface area contributed by atoms with Gasteiger partial charge in [-0.05, 0) is 93.1 Å². The second-order valence-corrected chi connectivity index (χ2v) is 9.30. The van der Waals surface area contributed by atoms with Crippen LogP contribution in [0.15, 0.2) is 24.3 Å². The molecule has 1 aliphatic heterocycles. The molecule has 0 N–H and O–H groups in total. The van der Waals surface area contributed by atoms with Crippen molar-refractivity contribution >= 4 is 0 Å². The molecule has 0 aromatic heterocycles. The Morgan fingerprint density at radius 1 is 0.815 bits per heavy atom. The maximum absolute atomic E-state index is 5.99. The first-order chi connectivity index (χ1) is 13.3. The zero-order valence-corrected chi connectivity index (χ0v) is 17.9. The quantitative estimate of drug-likeness (QED) is 0.405. The number of hydrogen-bond acceptors (Lipinski definition) is 1. The van der Waals surface area contributed by atoms with E-state index in [1.165, 1.54) is 89.0 Å². The summed E-state index contributed by atoms with van der Waals surface area (Å²) in [7, 11) is 0. The fourth-order valence-electron chi connectivity index (χ4n) is 5.20. The predicted molar refractivity (Wildman–Crippen MR) is 116 cm³/mol. The zero-order valence-electron chi connectivity index (χ0n) is 17.9. The van der Waals surface area contributed by atoms with E-state index >= 15 is 0 Å². The Morgan fingerprint density at radius 2 is 1.52 bits per heavy atom. The average Bonchev–Trinajstić information content (AvgIpc) is 2.74. The molecule has 3 rings (SSSR count). The van der Waals surface area contributed by atoms with Crippen LogP contribution in [0, 0.1) is 11.8 Å². The van der Waals surface area contributed by atoms with E-state index < -0.39 is 0 Å². The molecule has 0 radical (unpaired) electrons. The molecule has 0 bridgehead atoms. The van der Waals surface area contributed by atoms with Crippen molar-refractivity contribution in [2.45, 2.75) is 109 Å². The smallest absolute Gasteiger partial charge is 0.0572 e. The van der Waals surface area contributed by atoms with Crippen LogP contribution < -0.4 is 0 Å². The Bertz CT molecular complexity index is 504. The van der Waals surface area contributed by atoms with Gasteiger partial charge in [-0.2, -0.15) is 0 Å². The van der Waals surface area contributed by atoms with E-state index in [1.54, 1.807) is 5.56 Å². The topological polar surface area (TPSA) is 9.23 Å². The third kappa shape index (κ3) is 6.63. The highest BCUT2D eigenvalue weighted by atomic mass is 16.5. The number of ether oxygens (including phenoxy) is 1. The lowest BCUT2D eigenvalue weighted by Crippen LogP contribution is -2.26. The van der Waals surface area contributed by atoms with Gasteiger partial charge in [0.2, 0.25) is 0 Å². The molecule has 1 aromatic rings. The first-order valence-corrected chi connectivity index (χ1v) is 12.0. The van der Waals surface area contributed by atoms with Crippen molar-refractivity contribution in [2.24, 2.45) is 11.8 Å². The van der Waals surface area contributed by atoms with E-state index in [0.29, 0.717) is 6.10 Å². The summed E-state index contributed by atoms with van der Waals surface area (Å²) in [5, 5.41) is 0. The van der Waals surface area contributed by atoms with Crippen LogP contribution in [0.1, 0.15) is 108 Å². The third-order valence-electron chi connectivity index (χ3n) is 7.27. The van der Waals surface area contributed by atoms with Crippen LogP contribution in [-0.2, 0) is 11.2 Å². The molecular weight excluding hydrogens is 328 g/mol. The number of hydrogen-bond donors (Lipinski definition) is 0. The molecule has 1 nitrogen and oxygen atoms in total. The highest BCUT2D eigenvalue weighted by molar-refractivity contribution is 5.26. The van der Waals surface area contributed by atoms with Gasteiger partial charge in [0.25, 0.3) is 0 Å². The van der Waals surface area contributed by atoms with Crippen molar-refractivity contribution in [3.8, 4) is 0 Å². The first-order valence-electron chi connectivity index (χ1n) is 12.0. The molecule has 0 spiro atoms. The fourth-order valence-corrected chi connectivity index (χ4v) is 5.20. The van der Waals surface area contributed by atoms with E-state index in [-0.39, 0.29) is 0 Å². The van der Waals surface area contributed by atoms with Crippen molar-refractivity contribution in [1.29, 1.82) is 0 Å². The summed E-state index contributed by atoms with van der Waals surface area (Å²) in [5.74, 6) is 2.62. The van der Waals surface area contributed by atoms with E-state index in [9.17, 15) is 0 Å². The van der Waals surface area contributed by atoms with Crippen LogP contribution in [0.3, 0.4) is 0 Å². The van der Waals surface area contributed by atoms with Crippen molar-refractivity contribution in [2.75, 3.05) is 6.61 Å². The van der Waals surface area contributed by atoms with Gasteiger partial charge in [-0.15, -0.1) is 0 Å². The third-order valence-corrected chi connectivity index (χ3v) is 7.27. The summed E-state index contributed by atoms with van der Waals surface area (Å²) < 4.78 is 5.99. The zero-order chi connectivity index (χ0) is 18.9. The largest absolute Gasteiger partial charge is 0.378 e. The summed E-state index contributed by atoms with van der Waals surface area (Å²) in [5.41, 5.74) is 3.12. The van der Waals surface area contributed by atoms with Gasteiger partial charge in [0.1, 0.15) is 0 Å². The molecule has 1 aromatic carbocycles. The SMILES string of the molecule is CCCCCc1ccc(C2CCC(CCC3CCC(CC)OC3)CC2)cc1. The number of benzene rings is 1. The minimum absolute atomic E-state index is 0.551. The molecule has 27 heavy (non-hydrogen) atoms. The molecule has 1 heterocycles. The average molecular weight is 371 g/mol. The first kappa shape index (κ1) is 20.9. The highest BCUT2D eigenvalue weighted by Crippen LogP contribution is 2.38. The second-order valence-electron chi connectivity index (χ2n) is 9.30. The van der Waals surface area contributed by atoms with Gasteiger partial charge in [-0.1, -0.05) is 57.4 Å². The van der Waals surface area contributed by atoms with Gasteiger partial charge in [-0.25, -0.2) is 0 Å². The Kier molecular flexibility index (Phi) is 8.71. The minimum Gasteiger partial charge on any atom is -0.378 e. The Labute approximate surface area is 168 Å². The van der Waals surface area contributed by atoms with Gasteiger partial charge in [0.05, 0.1) is 6.10 Å². The number of rotatable bonds is 9. The van der Waals surface area contributed by atoms with Crippen LogP contribution in [0.2, 0.25) is 0 Å². The summed E-state index contributed by atoms with van der Waals surface area (Å²) in [6, 6.07) is 9.64. The summed E-state index contributed by atoms with van der Waals surface area (Å²) in [6.07, 6.45) is 18.2. The Hall–Kier alpha value is -0.820. The number of aryl methyl sites for hydroxylation is 1. The normalized spacial score (nSPS) is 29.0. The van der Waals surface area contributed by atoms with Crippen molar-refractivity contribution in [3.63, 3.8) is 0 Å². The molecule has 2 aliphatic rings. The van der Waals surface area contributed by atoms with Gasteiger partial charge in [-0.3, -0.25) is 0 Å². The van der Waals surface area contributed by atoms with E-state index in [0.717, 1.165) is 24.4 Å². The van der Waals surface area contributed by atoms with E-state index in [1.807, 2.05) is 0 Å². The molecule has 2 fully saturated rings. The molecule has 2 atom stereocenters. The molecule has 0 amide bonds. The molecule has 1 saturated heterocycles. The fraction of sp³-hybridized carbons (Fsp3) is 0.769. The molecule has 2 unspecified atom stereocenters. The Morgan fingerprint density at radius 3 is 2.15 bits per heavy atom. The van der Waals surface area contributed by atoms with Gasteiger partial charge < -0.3 is 4.74 Å². The van der Waals surface area contributed by atoms with Crippen molar-refractivity contribution < 1.29 is 4.74 Å². The van der Waals surface area contributed by atoms with E-state index in [2.05, 4.69) is 38.1 Å². The summed E-state index contributed by atoms with van der Waals surface area (Å²) in [6.45, 7) is 5.56. The molecule has 1 saturated carbocycles. The lowest BCUT2D eigenvalue weighted by atomic mass is 9.76. The van der Waals surface area contributed by atoms with Gasteiger partial charge in [0, 0.05) is 6.61 Å². The Balaban J connectivity index is 1.35. The van der Waals surface area contributed by atoms with Crippen LogP contribution in [-0.4, -0.2) is 12.7 Å². The monoisotopic (exact) mass is 370 g/mol. The minimum atomic E-state index is 0.551. The molecular formula is C26H42O. The standard InChI is InChI=1S/C26H42O/c1-3-5-6-7-21-10-15-24(16-11-21)25-17-12-22(13-18-25)8-9-23-14-19-26(4-2)27-20-23/h10-11,15-16,22-23,25-26H,3-9,12-14,17-20H2,1-2H3. The highest BCUT2D eigenvalue weighted by Gasteiger charge is 2.25. The van der Waals surface area contributed by atoms with Gasteiger partial charge >= 0.3 is 0 Å². The molecule has 1 heteroatoms. The predicted octanol–water partition coefficient (Wildman–Crippen LogP) is 7.68. The van der Waals surface area contributed by atoms with E-state index in [4.69, 9.17) is 4.74 Å². The molecule has 1 aliphatic carbocycles. The maximum Gasteiger partial charge on any atom is 0.0572 e. The lowest BCUT2D eigenvalue weighted by molar-refractivity contribution is -0.0208. The maximum atomic E-state index is 5.99. The van der Waals surface area contributed by atoms with Gasteiger partial charge in [0.15, 0.2) is 0 Å². The van der Waals surface area contributed by atoms with Crippen LogP contribution in [0.25, 0.3) is 0 Å². The second kappa shape index (κ2) is 11.2. The summed E-state index contributed by atoms with van der Waals surface area (Å²) in [4.78, 5) is 0. The van der Waals surface area contributed by atoms with Crippen molar-refractivity contribution in [3.05, 3.63) is 35.4 Å². The van der Waals surface area contributed by atoms with Crippen LogP contribution >= 0.6 is 0 Å². The lowest BCUT2D eigenvalue weighted by Gasteiger charge is -2.32. The summed E-state index contributed by atoms with van der Waals surface area (Å²) >= 11 is 0.